The van der Waals surface area contributed by atoms with E-state index in [0.717, 1.165) is 51.4 Å². The first-order valence-electron chi connectivity index (χ1n) is 12.6. The van der Waals surface area contributed by atoms with Gasteiger partial charge in [-0.3, -0.25) is 4.79 Å². The van der Waals surface area contributed by atoms with Crippen LogP contribution in [0.2, 0.25) is 0 Å². The highest BCUT2D eigenvalue weighted by Gasteiger charge is 2.31. The summed E-state index contributed by atoms with van der Waals surface area (Å²) in [6.45, 7) is 1.09. The Bertz CT molecular complexity index is 463. The van der Waals surface area contributed by atoms with Crippen molar-refractivity contribution < 1.29 is 45.3 Å². The van der Waals surface area contributed by atoms with Gasteiger partial charge in [0.2, 0.25) is 0 Å². The standard InChI is InChI=1S/C24H48O9/c1-2-3-4-5-8-11-14-21(18(26)13-10-7-6-9-12-15-22(29)30)33-17-20(28)24(32)23(31)19(27)16-25/h18-21,23-28,31-32H,2-17H2,1H3,(H,29,30)/t18?,19-,20+,21?,23+,24+/m0/s1. The van der Waals surface area contributed by atoms with Crippen LogP contribution in [-0.4, -0.2) is 91.6 Å². The topological polar surface area (TPSA) is 168 Å². The maximum atomic E-state index is 10.6. The number of carbonyl (C=O) groups is 1. The molecule has 0 bridgehead atoms. The molecule has 0 saturated carbocycles. The van der Waals surface area contributed by atoms with E-state index in [-0.39, 0.29) is 13.0 Å². The van der Waals surface area contributed by atoms with Crippen LogP contribution in [-0.2, 0) is 9.53 Å². The predicted octanol–water partition coefficient (Wildman–Crippen LogP) is 1.73. The number of unbranched alkanes of at least 4 members (excludes halogenated alkanes) is 9. The maximum absolute atomic E-state index is 10.6. The Morgan fingerprint density at radius 2 is 1.21 bits per heavy atom. The number of aliphatic hydroxyl groups excluding tert-OH is 6. The molecule has 9 heteroatoms. The molecule has 0 heterocycles. The zero-order chi connectivity index (χ0) is 25.1. The van der Waals surface area contributed by atoms with Gasteiger partial charge in [0.15, 0.2) is 0 Å². The van der Waals surface area contributed by atoms with Gasteiger partial charge >= 0.3 is 5.97 Å². The molecule has 0 aliphatic carbocycles. The zero-order valence-electron chi connectivity index (χ0n) is 20.2. The summed E-state index contributed by atoms with van der Waals surface area (Å²) in [5.41, 5.74) is 0. The Balaban J connectivity index is 4.52. The third kappa shape index (κ3) is 16.5. The van der Waals surface area contributed by atoms with E-state index in [0.29, 0.717) is 19.3 Å². The Hall–Kier alpha value is -0.810. The molecule has 0 spiro atoms. The molecule has 0 amide bonds. The van der Waals surface area contributed by atoms with Crippen LogP contribution in [0.5, 0.6) is 0 Å². The summed E-state index contributed by atoms with van der Waals surface area (Å²) in [4.78, 5) is 10.5. The molecule has 7 N–H and O–H groups in total. The van der Waals surface area contributed by atoms with Crippen LogP contribution in [0.3, 0.4) is 0 Å². The lowest BCUT2D eigenvalue weighted by atomic mass is 9.99. The second-order valence-corrected chi connectivity index (χ2v) is 8.99. The van der Waals surface area contributed by atoms with Crippen molar-refractivity contribution in [2.24, 2.45) is 0 Å². The molecule has 0 aliphatic heterocycles. The van der Waals surface area contributed by atoms with Crippen LogP contribution in [0.15, 0.2) is 0 Å². The minimum Gasteiger partial charge on any atom is -0.481 e. The molecule has 0 rings (SSSR count). The number of rotatable bonds is 23. The normalized spacial score (nSPS) is 17.3. The molecule has 0 saturated heterocycles. The monoisotopic (exact) mass is 480 g/mol. The van der Waals surface area contributed by atoms with E-state index in [1.807, 2.05) is 0 Å². The molecule has 0 fully saturated rings. The average Bonchev–Trinajstić information content (AvgIpc) is 2.80. The van der Waals surface area contributed by atoms with Crippen LogP contribution in [0.1, 0.15) is 96.8 Å². The fraction of sp³-hybridized carbons (Fsp3) is 0.958. The van der Waals surface area contributed by atoms with Crippen molar-refractivity contribution in [2.75, 3.05) is 13.2 Å². The molecule has 0 aromatic heterocycles. The second kappa shape index (κ2) is 20.6. The van der Waals surface area contributed by atoms with Gasteiger partial charge in [-0.05, 0) is 19.3 Å². The summed E-state index contributed by atoms with van der Waals surface area (Å²) in [5.74, 6) is -0.786. The summed E-state index contributed by atoms with van der Waals surface area (Å²) >= 11 is 0. The van der Waals surface area contributed by atoms with E-state index in [1.165, 1.54) is 12.8 Å². The lowest BCUT2D eigenvalue weighted by molar-refractivity contribution is -0.143. The van der Waals surface area contributed by atoms with E-state index < -0.39 is 49.2 Å². The Morgan fingerprint density at radius 1 is 0.697 bits per heavy atom. The third-order valence-electron chi connectivity index (χ3n) is 5.97. The molecule has 9 nitrogen and oxygen atoms in total. The molecule has 198 valence electrons. The van der Waals surface area contributed by atoms with Gasteiger partial charge in [-0.15, -0.1) is 0 Å². The van der Waals surface area contributed by atoms with Crippen molar-refractivity contribution in [3.63, 3.8) is 0 Å². The van der Waals surface area contributed by atoms with Gasteiger partial charge < -0.3 is 40.5 Å². The minimum absolute atomic E-state index is 0.176. The maximum Gasteiger partial charge on any atom is 0.303 e. The van der Waals surface area contributed by atoms with Gasteiger partial charge in [-0.1, -0.05) is 71.1 Å². The molecule has 0 radical (unpaired) electrons. The summed E-state index contributed by atoms with van der Waals surface area (Å²) in [5, 5.41) is 67.5. The molecule has 0 aromatic rings. The summed E-state index contributed by atoms with van der Waals surface area (Å²) in [6, 6.07) is 0. The number of hydrogen-bond acceptors (Lipinski definition) is 8. The first-order chi connectivity index (χ1) is 15.7. The van der Waals surface area contributed by atoms with Crippen LogP contribution in [0.4, 0.5) is 0 Å². The number of carboxylic acids is 1. The van der Waals surface area contributed by atoms with Gasteiger partial charge in [0.1, 0.15) is 24.4 Å². The van der Waals surface area contributed by atoms with Crippen molar-refractivity contribution in [3.8, 4) is 0 Å². The van der Waals surface area contributed by atoms with Crippen molar-refractivity contribution >= 4 is 5.97 Å². The fourth-order valence-electron chi connectivity index (χ4n) is 3.74. The Kier molecular flexibility index (Phi) is 20.0. The Morgan fingerprint density at radius 3 is 1.79 bits per heavy atom. The van der Waals surface area contributed by atoms with Crippen molar-refractivity contribution in [3.05, 3.63) is 0 Å². The van der Waals surface area contributed by atoms with Crippen LogP contribution in [0.25, 0.3) is 0 Å². The molecule has 6 atom stereocenters. The first kappa shape index (κ1) is 32.2. The number of ether oxygens (including phenoxy) is 1. The zero-order valence-corrected chi connectivity index (χ0v) is 20.2. The van der Waals surface area contributed by atoms with E-state index in [1.54, 1.807) is 0 Å². The highest BCUT2D eigenvalue weighted by molar-refractivity contribution is 5.66. The second-order valence-electron chi connectivity index (χ2n) is 8.99. The van der Waals surface area contributed by atoms with Crippen LogP contribution >= 0.6 is 0 Å². The number of aliphatic carboxylic acids is 1. The molecule has 2 unspecified atom stereocenters. The van der Waals surface area contributed by atoms with Crippen LogP contribution in [0, 0.1) is 0 Å². The molecular formula is C24H48O9. The molecule has 0 aromatic carbocycles. The van der Waals surface area contributed by atoms with Gasteiger partial charge in [0.05, 0.1) is 25.4 Å². The largest absolute Gasteiger partial charge is 0.481 e. The summed E-state index contributed by atoms with van der Waals surface area (Å²) < 4.78 is 5.72. The van der Waals surface area contributed by atoms with Crippen molar-refractivity contribution in [1.82, 2.24) is 0 Å². The van der Waals surface area contributed by atoms with Gasteiger partial charge in [-0.2, -0.15) is 0 Å². The SMILES string of the molecule is CCCCCCCCC(OC[C@@H](O)[C@@H](O)[C@H](O)[C@@H](O)CO)C(O)CCCCCCCC(=O)O. The van der Waals surface area contributed by atoms with E-state index in [2.05, 4.69) is 6.92 Å². The highest BCUT2D eigenvalue weighted by atomic mass is 16.5. The number of carboxylic acid groups (broad SMARTS) is 1. The lowest BCUT2D eigenvalue weighted by Gasteiger charge is -2.28. The molecule has 33 heavy (non-hydrogen) atoms. The van der Waals surface area contributed by atoms with Gasteiger partial charge in [-0.25, -0.2) is 0 Å². The first-order valence-corrected chi connectivity index (χ1v) is 12.6. The average molecular weight is 481 g/mol. The lowest BCUT2D eigenvalue weighted by Crippen LogP contribution is -2.48. The number of hydrogen-bond donors (Lipinski definition) is 7. The van der Waals surface area contributed by atoms with E-state index in [4.69, 9.17) is 14.9 Å². The summed E-state index contributed by atoms with van der Waals surface area (Å²) in [7, 11) is 0. The molecular weight excluding hydrogens is 432 g/mol. The van der Waals surface area contributed by atoms with E-state index in [9.17, 15) is 30.3 Å². The third-order valence-corrected chi connectivity index (χ3v) is 5.97. The van der Waals surface area contributed by atoms with Crippen molar-refractivity contribution in [1.29, 1.82) is 0 Å². The minimum atomic E-state index is -1.71. The Labute approximate surface area is 198 Å². The van der Waals surface area contributed by atoms with Gasteiger partial charge in [0.25, 0.3) is 0 Å². The molecule has 0 aliphatic rings. The van der Waals surface area contributed by atoms with E-state index >= 15 is 0 Å². The van der Waals surface area contributed by atoms with Gasteiger partial charge in [0, 0.05) is 6.42 Å². The van der Waals surface area contributed by atoms with Crippen molar-refractivity contribution in [2.45, 2.75) is 133 Å². The smallest absolute Gasteiger partial charge is 0.303 e. The predicted molar refractivity (Wildman–Crippen MR) is 125 cm³/mol. The highest BCUT2D eigenvalue weighted by Crippen LogP contribution is 2.19. The quantitative estimate of drug-likeness (QED) is 0.108. The van der Waals surface area contributed by atoms with Crippen LogP contribution < -0.4 is 0 Å². The number of aliphatic hydroxyl groups is 6. The summed E-state index contributed by atoms with van der Waals surface area (Å²) in [6.07, 6.45) is 4.16. The fourth-order valence-corrected chi connectivity index (χ4v) is 3.74.